The first-order chi connectivity index (χ1) is 18.1. The molecule has 1 aliphatic rings. The molecule has 3 aromatic rings. The Morgan fingerprint density at radius 2 is 1.89 bits per heavy atom. The fourth-order valence-corrected chi connectivity index (χ4v) is 3.90. The van der Waals surface area contributed by atoms with Gasteiger partial charge >= 0.3 is 23.7 Å². The number of nitro benzene ring substituents is 1. The smallest absolute Gasteiger partial charge is 0.373 e. The van der Waals surface area contributed by atoms with Crippen LogP contribution in [0.3, 0.4) is 0 Å². The maximum absolute atomic E-state index is 12.9. The number of carbonyl (C=O) groups excluding carboxylic acids is 4. The second kappa shape index (κ2) is 10.7. The second-order valence-electron chi connectivity index (χ2n) is 7.60. The third kappa shape index (κ3) is 5.36. The Morgan fingerprint density at radius 1 is 1.13 bits per heavy atom. The number of rotatable bonds is 7. The molecule has 0 bridgehead atoms. The van der Waals surface area contributed by atoms with Crippen LogP contribution in [-0.2, 0) is 16.1 Å². The number of hydrogen-bond donors (Lipinski definition) is 1. The van der Waals surface area contributed by atoms with Crippen molar-refractivity contribution in [2.75, 3.05) is 7.11 Å². The SMILES string of the molecule is COC(=O)c1ccc(CN2C(=O)N/C(=C\c3cccc([N+](=O)[O-])c3OC(=O)c3ccc(Cl)cc3Cl)C2=O)o1. The molecule has 0 atom stereocenters. The summed E-state index contributed by atoms with van der Waals surface area (Å²) in [7, 11) is 1.17. The number of nitrogens with one attached hydrogen (secondary N) is 1. The molecule has 0 spiro atoms. The van der Waals surface area contributed by atoms with Gasteiger partial charge in [0.25, 0.3) is 5.91 Å². The van der Waals surface area contributed by atoms with Crippen molar-refractivity contribution in [3.8, 4) is 5.75 Å². The van der Waals surface area contributed by atoms with Gasteiger partial charge in [-0.05, 0) is 36.4 Å². The standard InChI is InChI=1S/C24H15Cl2N3O9/c1-36-23(32)19-8-6-14(37-19)11-28-21(30)17(27-24(28)33)9-12-3-2-4-18(29(34)35)20(12)38-22(31)15-7-5-13(25)10-16(15)26/h2-10H,11H2,1H3,(H,27,33)/b17-9-. The fraction of sp³-hybridized carbons (Fsp3) is 0.0833. The molecule has 4 rings (SSSR count). The highest BCUT2D eigenvalue weighted by molar-refractivity contribution is 6.36. The Kier molecular flexibility index (Phi) is 7.46. The van der Waals surface area contributed by atoms with Crippen LogP contribution in [0.2, 0.25) is 10.0 Å². The van der Waals surface area contributed by atoms with Crippen LogP contribution < -0.4 is 10.1 Å². The number of esters is 2. The van der Waals surface area contributed by atoms with Crippen LogP contribution in [0.1, 0.15) is 32.2 Å². The van der Waals surface area contributed by atoms with Gasteiger partial charge in [0.05, 0.1) is 29.2 Å². The summed E-state index contributed by atoms with van der Waals surface area (Å²) in [4.78, 5) is 61.4. The maximum Gasteiger partial charge on any atom is 0.373 e. The molecule has 1 N–H and O–H groups in total. The van der Waals surface area contributed by atoms with E-state index in [9.17, 15) is 29.3 Å². The largest absolute Gasteiger partial charge is 0.463 e. The van der Waals surface area contributed by atoms with Crippen molar-refractivity contribution in [1.82, 2.24) is 10.2 Å². The Balaban J connectivity index is 1.64. The minimum Gasteiger partial charge on any atom is -0.463 e. The third-order valence-electron chi connectivity index (χ3n) is 5.19. The van der Waals surface area contributed by atoms with Gasteiger partial charge in [0.15, 0.2) is 0 Å². The predicted molar refractivity (Wildman–Crippen MR) is 132 cm³/mol. The molecule has 2 heterocycles. The zero-order valence-electron chi connectivity index (χ0n) is 19.2. The number of hydrogen-bond acceptors (Lipinski definition) is 9. The number of nitro groups is 1. The molecule has 14 heteroatoms. The minimum absolute atomic E-state index is 0.0388. The maximum atomic E-state index is 12.9. The number of amides is 3. The Bertz CT molecular complexity index is 1530. The van der Waals surface area contributed by atoms with Gasteiger partial charge in [0.2, 0.25) is 11.5 Å². The van der Waals surface area contributed by atoms with Gasteiger partial charge in [-0.1, -0.05) is 35.3 Å². The van der Waals surface area contributed by atoms with Crippen LogP contribution in [0.15, 0.2) is 58.6 Å². The van der Waals surface area contributed by atoms with Crippen molar-refractivity contribution < 1.29 is 38.0 Å². The topological polar surface area (TPSA) is 158 Å². The molecule has 194 valence electrons. The summed E-state index contributed by atoms with van der Waals surface area (Å²) in [5.74, 6) is -3.01. The first-order valence-corrected chi connectivity index (χ1v) is 11.3. The van der Waals surface area contributed by atoms with E-state index in [1.165, 1.54) is 49.6 Å². The average molecular weight is 560 g/mol. The zero-order valence-corrected chi connectivity index (χ0v) is 20.7. The quantitative estimate of drug-likeness (QED) is 0.109. The second-order valence-corrected chi connectivity index (χ2v) is 8.45. The zero-order chi connectivity index (χ0) is 27.6. The van der Waals surface area contributed by atoms with Gasteiger partial charge < -0.3 is 19.2 Å². The van der Waals surface area contributed by atoms with Crippen molar-refractivity contribution in [3.63, 3.8) is 0 Å². The Hall–Kier alpha value is -4.68. The number of imide groups is 1. The van der Waals surface area contributed by atoms with Gasteiger partial charge in [-0.3, -0.25) is 19.8 Å². The van der Waals surface area contributed by atoms with Crippen molar-refractivity contribution in [2.45, 2.75) is 6.54 Å². The molecule has 0 radical (unpaired) electrons. The molecule has 2 aromatic carbocycles. The van der Waals surface area contributed by atoms with E-state index in [0.29, 0.717) is 0 Å². The number of ether oxygens (including phenoxy) is 2. The van der Waals surface area contributed by atoms with E-state index in [1.54, 1.807) is 0 Å². The summed E-state index contributed by atoms with van der Waals surface area (Å²) >= 11 is 11.9. The molecule has 12 nitrogen and oxygen atoms in total. The Labute approximate surface area is 223 Å². The molecular formula is C24H15Cl2N3O9. The van der Waals surface area contributed by atoms with E-state index < -0.39 is 40.2 Å². The van der Waals surface area contributed by atoms with Crippen molar-refractivity contribution >= 4 is 58.8 Å². The summed E-state index contributed by atoms with van der Waals surface area (Å²) in [5, 5.41) is 14.2. The van der Waals surface area contributed by atoms with E-state index in [1.807, 2.05) is 0 Å². The van der Waals surface area contributed by atoms with E-state index in [4.69, 9.17) is 32.4 Å². The normalized spacial score (nSPS) is 14.0. The predicted octanol–water partition coefficient (Wildman–Crippen LogP) is 4.59. The third-order valence-corrected chi connectivity index (χ3v) is 5.74. The lowest BCUT2D eigenvalue weighted by atomic mass is 10.1. The molecule has 38 heavy (non-hydrogen) atoms. The van der Waals surface area contributed by atoms with Crippen molar-refractivity contribution in [3.05, 3.63) is 97.0 Å². The van der Waals surface area contributed by atoms with Gasteiger partial charge in [-0.15, -0.1) is 0 Å². The molecule has 1 fully saturated rings. The molecule has 1 aromatic heterocycles. The monoisotopic (exact) mass is 559 g/mol. The van der Waals surface area contributed by atoms with E-state index in [0.717, 1.165) is 17.0 Å². The molecule has 3 amide bonds. The number of furan rings is 1. The van der Waals surface area contributed by atoms with Crippen LogP contribution in [0.5, 0.6) is 5.75 Å². The van der Waals surface area contributed by atoms with Crippen LogP contribution in [0, 0.1) is 10.1 Å². The molecule has 0 saturated carbocycles. The van der Waals surface area contributed by atoms with E-state index in [-0.39, 0.29) is 44.9 Å². The van der Waals surface area contributed by atoms with Gasteiger partial charge in [0, 0.05) is 16.7 Å². The van der Waals surface area contributed by atoms with Crippen LogP contribution in [0.25, 0.3) is 6.08 Å². The minimum atomic E-state index is -1.01. The van der Waals surface area contributed by atoms with E-state index in [2.05, 4.69) is 10.1 Å². The first kappa shape index (κ1) is 26.4. The summed E-state index contributed by atoms with van der Waals surface area (Å²) in [6.07, 6.45) is 1.13. The van der Waals surface area contributed by atoms with Gasteiger partial charge in [-0.25, -0.2) is 14.4 Å². The highest BCUT2D eigenvalue weighted by Gasteiger charge is 2.35. The number of carbonyl (C=O) groups is 4. The molecule has 0 unspecified atom stereocenters. The molecular weight excluding hydrogens is 545 g/mol. The number of urea groups is 1. The van der Waals surface area contributed by atoms with Crippen LogP contribution in [0.4, 0.5) is 10.5 Å². The highest BCUT2D eigenvalue weighted by Crippen LogP contribution is 2.34. The van der Waals surface area contributed by atoms with Crippen LogP contribution in [-0.4, -0.2) is 40.8 Å². The van der Waals surface area contributed by atoms with Crippen LogP contribution >= 0.6 is 23.2 Å². The number of nitrogens with zero attached hydrogens (tertiary/aromatic N) is 2. The van der Waals surface area contributed by atoms with Gasteiger partial charge in [0.1, 0.15) is 11.5 Å². The van der Waals surface area contributed by atoms with Gasteiger partial charge in [-0.2, -0.15) is 0 Å². The number of benzene rings is 2. The summed E-state index contributed by atoms with van der Waals surface area (Å²) in [5.41, 5.74) is -0.975. The molecule has 1 aliphatic heterocycles. The lowest BCUT2D eigenvalue weighted by Gasteiger charge is -2.10. The lowest BCUT2D eigenvalue weighted by molar-refractivity contribution is -0.385. The van der Waals surface area contributed by atoms with Crippen molar-refractivity contribution in [1.29, 1.82) is 0 Å². The molecule has 0 aliphatic carbocycles. The first-order valence-electron chi connectivity index (χ1n) is 10.5. The lowest BCUT2D eigenvalue weighted by Crippen LogP contribution is -2.30. The number of para-hydroxylation sites is 1. The fourth-order valence-electron chi connectivity index (χ4n) is 3.41. The summed E-state index contributed by atoms with van der Waals surface area (Å²) in [6, 6.07) is 9.66. The van der Waals surface area contributed by atoms with Crippen molar-refractivity contribution in [2.24, 2.45) is 0 Å². The summed E-state index contributed by atoms with van der Waals surface area (Å²) in [6.45, 7) is -0.315. The number of methoxy groups -OCH3 is 1. The Morgan fingerprint density at radius 3 is 2.58 bits per heavy atom. The highest BCUT2D eigenvalue weighted by atomic mass is 35.5. The average Bonchev–Trinajstić information content (AvgIpc) is 3.44. The molecule has 1 saturated heterocycles. The number of halogens is 2. The summed E-state index contributed by atoms with van der Waals surface area (Å²) < 4.78 is 15.2. The van der Waals surface area contributed by atoms with E-state index >= 15 is 0 Å².